The van der Waals surface area contributed by atoms with E-state index >= 15 is 0 Å². The van der Waals surface area contributed by atoms with Gasteiger partial charge in [-0.3, -0.25) is 14.4 Å². The lowest BCUT2D eigenvalue weighted by Crippen LogP contribution is -2.48. The van der Waals surface area contributed by atoms with Gasteiger partial charge >= 0.3 is 5.97 Å². The van der Waals surface area contributed by atoms with E-state index in [1.165, 1.54) is 6.92 Å². The highest BCUT2D eigenvalue weighted by atomic mass is 16.4. The van der Waals surface area contributed by atoms with Crippen molar-refractivity contribution in [2.45, 2.75) is 32.7 Å². The number of carbonyl (C=O) groups excluding carboxylic acids is 2. The number of carboxylic acid groups (broad SMARTS) is 1. The second kappa shape index (κ2) is 5.33. The van der Waals surface area contributed by atoms with Crippen molar-refractivity contribution in [3.05, 3.63) is 0 Å². The van der Waals surface area contributed by atoms with Gasteiger partial charge in [-0.05, 0) is 13.8 Å². The van der Waals surface area contributed by atoms with Crippen LogP contribution in [0.5, 0.6) is 0 Å². The molecule has 0 aromatic rings. The van der Waals surface area contributed by atoms with E-state index in [9.17, 15) is 14.4 Å². The molecule has 0 aliphatic carbocycles. The summed E-state index contributed by atoms with van der Waals surface area (Å²) in [5.41, 5.74) is -0.818. The predicted octanol–water partition coefficient (Wildman–Crippen LogP) is -0.508. The van der Waals surface area contributed by atoms with Crippen LogP contribution in [0, 0.1) is 0 Å². The normalized spacial score (nSPS) is 10.6. The number of nitrogens with one attached hydrogen (secondary N) is 2. The lowest BCUT2D eigenvalue weighted by Gasteiger charge is -2.24. The van der Waals surface area contributed by atoms with Crippen LogP contribution < -0.4 is 10.6 Å². The van der Waals surface area contributed by atoms with E-state index in [4.69, 9.17) is 5.11 Å². The first-order chi connectivity index (χ1) is 6.73. The molecule has 15 heavy (non-hydrogen) atoms. The minimum absolute atomic E-state index is 0.140. The molecule has 0 radical (unpaired) electrons. The molecule has 2 amide bonds. The first-order valence-electron chi connectivity index (χ1n) is 4.50. The van der Waals surface area contributed by atoms with E-state index in [0.717, 1.165) is 0 Å². The fourth-order valence-corrected chi connectivity index (χ4v) is 1.05. The molecule has 0 bridgehead atoms. The second-order valence-corrected chi connectivity index (χ2v) is 3.91. The van der Waals surface area contributed by atoms with Crippen LogP contribution in [-0.4, -0.2) is 35.0 Å². The lowest BCUT2D eigenvalue weighted by atomic mass is 10.0. The molecule has 0 saturated heterocycles. The molecule has 0 atom stereocenters. The van der Waals surface area contributed by atoms with Crippen molar-refractivity contribution in [2.24, 2.45) is 0 Å². The van der Waals surface area contributed by atoms with Crippen LogP contribution in [-0.2, 0) is 14.4 Å². The largest absolute Gasteiger partial charge is 0.481 e. The third-order valence-corrected chi connectivity index (χ3v) is 1.57. The molecule has 0 aliphatic rings. The topological polar surface area (TPSA) is 95.5 Å². The molecule has 0 spiro atoms. The van der Waals surface area contributed by atoms with Crippen LogP contribution >= 0.6 is 0 Å². The summed E-state index contributed by atoms with van der Waals surface area (Å²) in [5, 5.41) is 13.4. The maximum Gasteiger partial charge on any atom is 0.305 e. The van der Waals surface area contributed by atoms with Crippen LogP contribution in [0.2, 0.25) is 0 Å². The summed E-state index contributed by atoms with van der Waals surface area (Å²) in [6.45, 7) is 4.37. The van der Waals surface area contributed by atoms with Gasteiger partial charge in [-0.2, -0.15) is 0 Å². The summed E-state index contributed by atoms with van der Waals surface area (Å²) in [7, 11) is 0. The molecule has 86 valence electrons. The maximum absolute atomic E-state index is 11.2. The van der Waals surface area contributed by atoms with Crippen LogP contribution in [0.15, 0.2) is 0 Å². The molecular weight excluding hydrogens is 200 g/mol. The van der Waals surface area contributed by atoms with Crippen molar-refractivity contribution >= 4 is 17.8 Å². The van der Waals surface area contributed by atoms with E-state index < -0.39 is 17.4 Å². The van der Waals surface area contributed by atoms with Gasteiger partial charge in [0.1, 0.15) is 0 Å². The number of carboxylic acids is 1. The average molecular weight is 216 g/mol. The van der Waals surface area contributed by atoms with E-state index in [-0.39, 0.29) is 18.9 Å². The molecule has 0 unspecified atom stereocenters. The molecule has 0 fully saturated rings. The molecule has 6 nitrogen and oxygen atoms in total. The van der Waals surface area contributed by atoms with E-state index in [2.05, 4.69) is 10.6 Å². The van der Waals surface area contributed by atoms with Gasteiger partial charge in [0, 0.05) is 12.5 Å². The van der Waals surface area contributed by atoms with E-state index in [0.29, 0.717) is 0 Å². The molecule has 6 heteroatoms. The van der Waals surface area contributed by atoms with Crippen molar-refractivity contribution in [2.75, 3.05) is 6.54 Å². The average Bonchev–Trinajstić information content (AvgIpc) is 1.96. The van der Waals surface area contributed by atoms with Gasteiger partial charge < -0.3 is 15.7 Å². The standard InChI is InChI=1S/C9H16N2O4/c1-6(12)10-5-7(13)11-9(2,3)4-8(14)15/h4-5H2,1-3H3,(H,10,12)(H,11,13)(H,14,15). The first kappa shape index (κ1) is 13.4. The molecule has 0 saturated carbocycles. The predicted molar refractivity (Wildman–Crippen MR) is 53.2 cm³/mol. The highest BCUT2D eigenvalue weighted by molar-refractivity contribution is 5.84. The zero-order valence-electron chi connectivity index (χ0n) is 9.09. The summed E-state index contributed by atoms with van der Waals surface area (Å²) >= 11 is 0. The minimum atomic E-state index is -0.986. The van der Waals surface area contributed by atoms with Gasteiger partial charge in [0.05, 0.1) is 13.0 Å². The highest BCUT2D eigenvalue weighted by Gasteiger charge is 2.23. The SMILES string of the molecule is CC(=O)NCC(=O)NC(C)(C)CC(=O)O. The van der Waals surface area contributed by atoms with Crippen LogP contribution in [0.1, 0.15) is 27.2 Å². The molecule has 0 aromatic carbocycles. The molecular formula is C9H16N2O4. The van der Waals surface area contributed by atoms with Gasteiger partial charge in [0.15, 0.2) is 0 Å². The number of carbonyl (C=O) groups is 3. The molecule has 3 N–H and O–H groups in total. The smallest absolute Gasteiger partial charge is 0.305 e. The fourth-order valence-electron chi connectivity index (χ4n) is 1.05. The second-order valence-electron chi connectivity index (χ2n) is 3.91. The van der Waals surface area contributed by atoms with Crippen molar-refractivity contribution in [1.82, 2.24) is 10.6 Å². The van der Waals surface area contributed by atoms with Crippen molar-refractivity contribution in [1.29, 1.82) is 0 Å². The summed E-state index contributed by atoms with van der Waals surface area (Å²) in [6, 6.07) is 0. The molecule has 0 heterocycles. The number of hydrogen-bond acceptors (Lipinski definition) is 3. The van der Waals surface area contributed by atoms with Gasteiger partial charge in [-0.1, -0.05) is 0 Å². The van der Waals surface area contributed by atoms with Gasteiger partial charge in [-0.25, -0.2) is 0 Å². The zero-order chi connectivity index (χ0) is 12.1. The monoisotopic (exact) mass is 216 g/mol. The summed E-state index contributed by atoms with van der Waals surface area (Å²) in [4.78, 5) is 32.2. The lowest BCUT2D eigenvalue weighted by molar-refractivity contribution is -0.138. The Hall–Kier alpha value is -1.59. The van der Waals surface area contributed by atoms with Crippen LogP contribution in [0.3, 0.4) is 0 Å². The third kappa shape index (κ3) is 7.48. The molecule has 0 aromatic heterocycles. The van der Waals surface area contributed by atoms with Crippen molar-refractivity contribution in [3.63, 3.8) is 0 Å². The summed E-state index contributed by atoms with van der Waals surface area (Å²) in [5.74, 6) is -1.70. The van der Waals surface area contributed by atoms with Gasteiger partial charge in [0.25, 0.3) is 0 Å². The van der Waals surface area contributed by atoms with E-state index in [1.54, 1.807) is 13.8 Å². The van der Waals surface area contributed by atoms with Crippen LogP contribution in [0.25, 0.3) is 0 Å². The first-order valence-corrected chi connectivity index (χ1v) is 4.50. The Morgan fingerprint density at radius 1 is 1.27 bits per heavy atom. The van der Waals surface area contributed by atoms with Gasteiger partial charge in [-0.15, -0.1) is 0 Å². The Morgan fingerprint density at radius 3 is 2.20 bits per heavy atom. The molecule has 0 rings (SSSR count). The van der Waals surface area contributed by atoms with Gasteiger partial charge in [0.2, 0.25) is 11.8 Å². The Balaban J connectivity index is 4.04. The van der Waals surface area contributed by atoms with Crippen molar-refractivity contribution < 1.29 is 19.5 Å². The quantitative estimate of drug-likeness (QED) is 0.577. The van der Waals surface area contributed by atoms with Crippen LogP contribution in [0.4, 0.5) is 0 Å². The fraction of sp³-hybridized carbons (Fsp3) is 0.667. The van der Waals surface area contributed by atoms with Crippen molar-refractivity contribution in [3.8, 4) is 0 Å². The zero-order valence-corrected chi connectivity index (χ0v) is 9.09. The highest BCUT2D eigenvalue weighted by Crippen LogP contribution is 2.07. The number of amides is 2. The number of aliphatic carboxylic acids is 1. The number of hydrogen-bond donors (Lipinski definition) is 3. The molecule has 0 aliphatic heterocycles. The Bertz CT molecular complexity index is 273. The third-order valence-electron chi connectivity index (χ3n) is 1.57. The Kier molecular flexibility index (Phi) is 4.77. The Labute approximate surface area is 88.0 Å². The maximum atomic E-state index is 11.2. The summed E-state index contributed by atoms with van der Waals surface area (Å²) < 4.78 is 0. The summed E-state index contributed by atoms with van der Waals surface area (Å²) in [6.07, 6.45) is -0.168. The number of rotatable bonds is 5. The van der Waals surface area contributed by atoms with E-state index in [1.807, 2.05) is 0 Å². The Morgan fingerprint density at radius 2 is 1.80 bits per heavy atom. The minimum Gasteiger partial charge on any atom is -0.481 e.